The zero-order valence-electron chi connectivity index (χ0n) is 10.7. The quantitative estimate of drug-likeness (QED) is 0.786. The number of nitrogens with two attached hydrogens (primary N) is 1. The Hall–Kier alpha value is -1.88. The summed E-state index contributed by atoms with van der Waals surface area (Å²) >= 11 is 0. The van der Waals surface area contributed by atoms with Crippen LogP contribution in [0.15, 0.2) is 24.4 Å². The lowest BCUT2D eigenvalue weighted by molar-refractivity contribution is -0.120. The van der Waals surface area contributed by atoms with Crippen LogP contribution in [0, 0.1) is 11.8 Å². The predicted octanol–water partition coefficient (Wildman–Crippen LogP) is 1.88. The van der Waals surface area contributed by atoms with E-state index >= 15 is 0 Å². The molecule has 3 rings (SSSR count). The molecule has 1 aliphatic rings. The zero-order valence-corrected chi connectivity index (χ0v) is 10.7. The summed E-state index contributed by atoms with van der Waals surface area (Å²) in [7, 11) is 0. The molecule has 4 N–H and O–H groups in total. The van der Waals surface area contributed by atoms with Crippen LogP contribution < -0.4 is 11.1 Å². The van der Waals surface area contributed by atoms with Gasteiger partial charge in [0, 0.05) is 11.3 Å². The fourth-order valence-electron chi connectivity index (χ4n) is 2.96. The fourth-order valence-corrected chi connectivity index (χ4v) is 2.96. The number of carbonyl (C=O) groups is 1. The molecule has 19 heavy (non-hydrogen) atoms. The number of aromatic amines is 1. The van der Waals surface area contributed by atoms with E-state index in [1.165, 1.54) is 0 Å². The molecule has 0 radical (unpaired) electrons. The highest BCUT2D eigenvalue weighted by molar-refractivity contribution is 6.01. The Kier molecular flexibility index (Phi) is 3.21. The monoisotopic (exact) mass is 258 g/mol. The number of aromatic nitrogens is 2. The van der Waals surface area contributed by atoms with E-state index in [-0.39, 0.29) is 11.8 Å². The van der Waals surface area contributed by atoms with Gasteiger partial charge in [0.2, 0.25) is 5.91 Å². The Morgan fingerprint density at radius 3 is 3.21 bits per heavy atom. The highest BCUT2D eigenvalue weighted by Crippen LogP contribution is 2.32. The van der Waals surface area contributed by atoms with E-state index in [1.807, 2.05) is 18.2 Å². The molecule has 100 valence electrons. The van der Waals surface area contributed by atoms with Crippen LogP contribution in [-0.4, -0.2) is 22.6 Å². The molecule has 5 heteroatoms. The highest BCUT2D eigenvalue weighted by atomic mass is 16.1. The second kappa shape index (κ2) is 5.01. The molecule has 0 unspecified atom stereocenters. The van der Waals surface area contributed by atoms with Crippen molar-refractivity contribution >= 4 is 22.5 Å². The number of para-hydroxylation sites is 1. The van der Waals surface area contributed by atoms with Crippen molar-refractivity contribution in [2.45, 2.75) is 19.3 Å². The van der Waals surface area contributed by atoms with Crippen molar-refractivity contribution in [3.8, 4) is 0 Å². The first-order valence-corrected chi connectivity index (χ1v) is 6.72. The smallest absolute Gasteiger partial charge is 0.227 e. The summed E-state index contributed by atoms with van der Waals surface area (Å²) in [4.78, 5) is 12.3. The van der Waals surface area contributed by atoms with Crippen LogP contribution in [0.1, 0.15) is 19.3 Å². The average Bonchev–Trinajstić information content (AvgIpc) is 3.07. The minimum absolute atomic E-state index is 0.0446. The van der Waals surface area contributed by atoms with Gasteiger partial charge in [-0.1, -0.05) is 18.6 Å². The normalized spacial score (nSPS) is 22.8. The second-order valence-corrected chi connectivity index (χ2v) is 5.16. The summed E-state index contributed by atoms with van der Waals surface area (Å²) in [6.45, 7) is 0.590. The van der Waals surface area contributed by atoms with Crippen molar-refractivity contribution in [1.82, 2.24) is 10.2 Å². The molecule has 1 aromatic carbocycles. The maximum atomic E-state index is 12.3. The number of hydrogen-bond acceptors (Lipinski definition) is 3. The number of anilines is 1. The van der Waals surface area contributed by atoms with E-state index in [0.29, 0.717) is 12.5 Å². The molecule has 1 aromatic heterocycles. The Labute approximate surface area is 111 Å². The number of H-pyrrole nitrogens is 1. The molecule has 0 bridgehead atoms. The maximum absolute atomic E-state index is 12.3. The van der Waals surface area contributed by atoms with Gasteiger partial charge in [0.15, 0.2) is 0 Å². The van der Waals surface area contributed by atoms with Crippen LogP contribution in [-0.2, 0) is 4.79 Å². The first kappa shape index (κ1) is 12.2. The molecule has 1 fully saturated rings. The summed E-state index contributed by atoms with van der Waals surface area (Å²) in [5.41, 5.74) is 7.40. The van der Waals surface area contributed by atoms with E-state index in [0.717, 1.165) is 35.9 Å². The van der Waals surface area contributed by atoms with E-state index < -0.39 is 0 Å². The fraction of sp³-hybridized carbons (Fsp3) is 0.429. The van der Waals surface area contributed by atoms with Crippen molar-refractivity contribution in [3.63, 3.8) is 0 Å². The first-order valence-electron chi connectivity index (χ1n) is 6.72. The summed E-state index contributed by atoms with van der Waals surface area (Å²) in [5, 5.41) is 10.9. The molecule has 1 amide bonds. The number of rotatable bonds is 3. The van der Waals surface area contributed by atoms with Crippen molar-refractivity contribution in [2.24, 2.45) is 17.6 Å². The Morgan fingerprint density at radius 2 is 2.37 bits per heavy atom. The van der Waals surface area contributed by atoms with Gasteiger partial charge in [-0.15, -0.1) is 0 Å². The van der Waals surface area contributed by atoms with Crippen molar-refractivity contribution in [2.75, 3.05) is 11.9 Å². The van der Waals surface area contributed by atoms with Crippen LogP contribution in [0.3, 0.4) is 0 Å². The van der Waals surface area contributed by atoms with Gasteiger partial charge in [0.05, 0.1) is 17.4 Å². The molecule has 1 saturated carbocycles. The van der Waals surface area contributed by atoms with Crippen LogP contribution in [0.2, 0.25) is 0 Å². The zero-order chi connectivity index (χ0) is 13.2. The van der Waals surface area contributed by atoms with Gasteiger partial charge < -0.3 is 11.1 Å². The second-order valence-electron chi connectivity index (χ2n) is 5.16. The van der Waals surface area contributed by atoms with E-state index in [2.05, 4.69) is 15.5 Å². The molecule has 0 aliphatic heterocycles. The summed E-state index contributed by atoms with van der Waals surface area (Å²) in [6, 6.07) is 5.78. The number of nitrogens with zero attached hydrogens (tertiary/aromatic N) is 1. The standard InChI is InChI=1S/C14H18N4O/c15-7-9-3-1-5-11(9)14(19)17-12-6-2-4-10-8-16-18-13(10)12/h2,4,6,8-9,11H,1,3,5,7,15H2,(H,16,18)(H,17,19)/t9-,11-/m1/s1. The Balaban J connectivity index is 1.81. The molecule has 5 nitrogen and oxygen atoms in total. The Bertz CT molecular complexity index is 592. The third-order valence-corrected chi connectivity index (χ3v) is 4.03. The number of benzene rings is 1. The third-order valence-electron chi connectivity index (χ3n) is 4.03. The van der Waals surface area contributed by atoms with Gasteiger partial charge in [-0.05, 0) is 31.4 Å². The van der Waals surface area contributed by atoms with Crippen LogP contribution in [0.25, 0.3) is 10.9 Å². The summed E-state index contributed by atoms with van der Waals surface area (Å²) in [5.74, 6) is 0.444. The van der Waals surface area contributed by atoms with Gasteiger partial charge >= 0.3 is 0 Å². The third kappa shape index (κ3) is 2.21. The van der Waals surface area contributed by atoms with E-state index in [4.69, 9.17) is 5.73 Å². The van der Waals surface area contributed by atoms with Crippen molar-refractivity contribution in [1.29, 1.82) is 0 Å². The van der Waals surface area contributed by atoms with Gasteiger partial charge in [0.1, 0.15) is 0 Å². The van der Waals surface area contributed by atoms with Gasteiger partial charge in [0.25, 0.3) is 0 Å². The van der Waals surface area contributed by atoms with Crippen LogP contribution in [0.5, 0.6) is 0 Å². The van der Waals surface area contributed by atoms with Crippen LogP contribution in [0.4, 0.5) is 5.69 Å². The number of nitrogens with one attached hydrogen (secondary N) is 2. The Morgan fingerprint density at radius 1 is 1.47 bits per heavy atom. The minimum atomic E-state index is 0.0446. The lowest BCUT2D eigenvalue weighted by Gasteiger charge is -2.17. The van der Waals surface area contributed by atoms with Gasteiger partial charge in [-0.25, -0.2) is 0 Å². The predicted molar refractivity (Wildman–Crippen MR) is 74.6 cm³/mol. The number of fused-ring (bicyclic) bond motifs is 1. The molecular formula is C14H18N4O. The summed E-state index contributed by atoms with van der Waals surface area (Å²) < 4.78 is 0. The molecule has 1 heterocycles. The molecule has 1 aliphatic carbocycles. The largest absolute Gasteiger partial charge is 0.330 e. The average molecular weight is 258 g/mol. The first-order chi connectivity index (χ1) is 9.29. The van der Waals surface area contributed by atoms with Gasteiger partial charge in [-0.3, -0.25) is 9.89 Å². The maximum Gasteiger partial charge on any atom is 0.227 e. The molecular weight excluding hydrogens is 240 g/mol. The molecule has 0 spiro atoms. The lowest BCUT2D eigenvalue weighted by atomic mass is 9.95. The van der Waals surface area contributed by atoms with E-state index in [9.17, 15) is 4.79 Å². The summed E-state index contributed by atoms with van der Waals surface area (Å²) in [6.07, 6.45) is 4.84. The topological polar surface area (TPSA) is 83.8 Å². The minimum Gasteiger partial charge on any atom is -0.330 e. The number of hydrogen-bond donors (Lipinski definition) is 3. The SMILES string of the molecule is NC[C@H]1CCC[C@H]1C(=O)Nc1cccc2cn[nH]c12. The lowest BCUT2D eigenvalue weighted by Crippen LogP contribution is -2.29. The van der Waals surface area contributed by atoms with Crippen molar-refractivity contribution in [3.05, 3.63) is 24.4 Å². The highest BCUT2D eigenvalue weighted by Gasteiger charge is 2.32. The molecule has 2 aromatic rings. The van der Waals surface area contributed by atoms with Crippen LogP contribution >= 0.6 is 0 Å². The molecule has 2 atom stereocenters. The van der Waals surface area contributed by atoms with Gasteiger partial charge in [-0.2, -0.15) is 5.10 Å². The van der Waals surface area contributed by atoms with Crippen molar-refractivity contribution < 1.29 is 4.79 Å². The number of amides is 1. The molecule has 0 saturated heterocycles. The van der Waals surface area contributed by atoms with E-state index in [1.54, 1.807) is 6.20 Å². The number of carbonyl (C=O) groups excluding carboxylic acids is 1.